The standard InChI is InChI=1S/C11H18/c1-5-11(4)9-7-6-8-10(2)3/h6-9H,5H2,1-4H3. The third-order valence-corrected chi connectivity index (χ3v) is 1.48. The minimum Gasteiger partial charge on any atom is -0.0764 e. The first kappa shape index (κ1) is 10.2. The van der Waals surface area contributed by atoms with Gasteiger partial charge in [0.15, 0.2) is 0 Å². The highest BCUT2D eigenvalue weighted by Gasteiger charge is 1.77. The van der Waals surface area contributed by atoms with E-state index in [-0.39, 0.29) is 0 Å². The Labute approximate surface area is 70.3 Å². The highest BCUT2D eigenvalue weighted by molar-refractivity contribution is 5.16. The Morgan fingerprint density at radius 2 is 1.55 bits per heavy atom. The van der Waals surface area contributed by atoms with Crippen molar-refractivity contribution < 1.29 is 0 Å². The SMILES string of the molecule is CCC(C)=CC=CC=C(C)C. The monoisotopic (exact) mass is 150 g/mol. The molecule has 0 aliphatic heterocycles. The van der Waals surface area contributed by atoms with Crippen molar-refractivity contribution in [3.63, 3.8) is 0 Å². The summed E-state index contributed by atoms with van der Waals surface area (Å²) in [4.78, 5) is 0. The molecule has 0 heteroatoms. The number of allylic oxidation sites excluding steroid dienone is 6. The molecule has 0 amide bonds. The van der Waals surface area contributed by atoms with Crippen LogP contribution < -0.4 is 0 Å². The van der Waals surface area contributed by atoms with E-state index < -0.39 is 0 Å². The third-order valence-electron chi connectivity index (χ3n) is 1.48. The minimum absolute atomic E-state index is 1.14. The number of rotatable bonds is 3. The maximum atomic E-state index is 2.17. The molecule has 0 N–H and O–H groups in total. The molecule has 11 heavy (non-hydrogen) atoms. The van der Waals surface area contributed by atoms with Gasteiger partial charge in [0.25, 0.3) is 0 Å². The molecule has 0 heterocycles. The molecule has 0 saturated carbocycles. The fourth-order valence-electron chi connectivity index (χ4n) is 0.586. The number of hydrogen-bond donors (Lipinski definition) is 0. The molecule has 0 fully saturated rings. The molecule has 0 aliphatic carbocycles. The molecule has 0 unspecified atom stereocenters. The predicted molar refractivity (Wildman–Crippen MR) is 52.6 cm³/mol. The van der Waals surface area contributed by atoms with Gasteiger partial charge in [-0.25, -0.2) is 0 Å². The van der Waals surface area contributed by atoms with Gasteiger partial charge < -0.3 is 0 Å². The Morgan fingerprint density at radius 1 is 1.00 bits per heavy atom. The van der Waals surface area contributed by atoms with Gasteiger partial charge in [0.1, 0.15) is 0 Å². The molecule has 0 atom stereocenters. The van der Waals surface area contributed by atoms with Crippen LogP contribution in [-0.4, -0.2) is 0 Å². The van der Waals surface area contributed by atoms with Gasteiger partial charge in [0, 0.05) is 0 Å². The van der Waals surface area contributed by atoms with Crippen molar-refractivity contribution in [1.29, 1.82) is 0 Å². The van der Waals surface area contributed by atoms with Gasteiger partial charge in [-0.1, -0.05) is 42.4 Å². The van der Waals surface area contributed by atoms with Crippen molar-refractivity contribution in [2.24, 2.45) is 0 Å². The van der Waals surface area contributed by atoms with Crippen molar-refractivity contribution in [1.82, 2.24) is 0 Å². The lowest BCUT2D eigenvalue weighted by Gasteiger charge is -1.88. The van der Waals surface area contributed by atoms with E-state index in [1.165, 1.54) is 11.1 Å². The maximum Gasteiger partial charge on any atom is -0.0349 e. The van der Waals surface area contributed by atoms with Gasteiger partial charge in [0.2, 0.25) is 0 Å². The van der Waals surface area contributed by atoms with Crippen molar-refractivity contribution in [3.8, 4) is 0 Å². The second kappa shape index (κ2) is 5.96. The van der Waals surface area contributed by atoms with Gasteiger partial charge >= 0.3 is 0 Å². The second-order valence-corrected chi connectivity index (χ2v) is 3.00. The lowest BCUT2D eigenvalue weighted by molar-refractivity contribution is 1.10. The molecule has 0 aromatic heterocycles. The van der Waals surface area contributed by atoms with Gasteiger partial charge in [-0.3, -0.25) is 0 Å². The Bertz CT molecular complexity index is 176. The second-order valence-electron chi connectivity index (χ2n) is 3.00. The Kier molecular flexibility index (Phi) is 5.54. The van der Waals surface area contributed by atoms with Gasteiger partial charge in [-0.2, -0.15) is 0 Å². The largest absolute Gasteiger partial charge is 0.0764 e. The molecule has 0 rings (SSSR count). The summed E-state index contributed by atoms with van der Waals surface area (Å²) in [5, 5.41) is 0. The summed E-state index contributed by atoms with van der Waals surface area (Å²) in [5.41, 5.74) is 2.76. The lowest BCUT2D eigenvalue weighted by Crippen LogP contribution is -1.67. The van der Waals surface area contributed by atoms with Crippen molar-refractivity contribution in [3.05, 3.63) is 35.5 Å². The van der Waals surface area contributed by atoms with Crippen LogP contribution in [0.25, 0.3) is 0 Å². The molecular formula is C11H18. The average molecular weight is 150 g/mol. The molecule has 0 nitrogen and oxygen atoms in total. The van der Waals surface area contributed by atoms with E-state index in [1.54, 1.807) is 0 Å². The molecule has 0 aromatic carbocycles. The van der Waals surface area contributed by atoms with Gasteiger partial charge in [-0.15, -0.1) is 0 Å². The normalized spacial score (nSPS) is 12.2. The first-order chi connectivity index (χ1) is 5.16. The van der Waals surface area contributed by atoms with E-state index in [2.05, 4.69) is 52.0 Å². The minimum atomic E-state index is 1.14. The quantitative estimate of drug-likeness (QED) is 0.536. The fourth-order valence-corrected chi connectivity index (χ4v) is 0.586. The maximum absolute atomic E-state index is 2.17. The topological polar surface area (TPSA) is 0 Å². The first-order valence-corrected chi connectivity index (χ1v) is 4.14. The molecule has 0 radical (unpaired) electrons. The summed E-state index contributed by atoms with van der Waals surface area (Å²) in [5.74, 6) is 0. The summed E-state index contributed by atoms with van der Waals surface area (Å²) in [7, 11) is 0. The zero-order chi connectivity index (χ0) is 8.69. The van der Waals surface area contributed by atoms with E-state index in [1.807, 2.05) is 0 Å². The highest BCUT2D eigenvalue weighted by Crippen LogP contribution is 1.98. The summed E-state index contributed by atoms with van der Waals surface area (Å²) >= 11 is 0. The van der Waals surface area contributed by atoms with Crippen molar-refractivity contribution >= 4 is 0 Å². The molecule has 0 aromatic rings. The summed E-state index contributed by atoms with van der Waals surface area (Å²) in [6, 6.07) is 0. The first-order valence-electron chi connectivity index (χ1n) is 4.14. The summed E-state index contributed by atoms with van der Waals surface area (Å²) < 4.78 is 0. The highest BCUT2D eigenvalue weighted by atomic mass is 13.8. The molecule has 0 spiro atoms. The van der Waals surface area contributed by atoms with Crippen LogP contribution in [-0.2, 0) is 0 Å². The van der Waals surface area contributed by atoms with E-state index >= 15 is 0 Å². The zero-order valence-electron chi connectivity index (χ0n) is 8.02. The smallest absolute Gasteiger partial charge is 0.0349 e. The van der Waals surface area contributed by atoms with E-state index in [0.29, 0.717) is 0 Å². The van der Waals surface area contributed by atoms with Crippen LogP contribution in [0, 0.1) is 0 Å². The van der Waals surface area contributed by atoms with Crippen LogP contribution >= 0.6 is 0 Å². The lowest BCUT2D eigenvalue weighted by atomic mass is 10.2. The number of hydrogen-bond acceptors (Lipinski definition) is 0. The third kappa shape index (κ3) is 7.11. The van der Waals surface area contributed by atoms with Crippen molar-refractivity contribution in [2.75, 3.05) is 0 Å². The zero-order valence-corrected chi connectivity index (χ0v) is 8.02. The molecule has 0 bridgehead atoms. The van der Waals surface area contributed by atoms with Crippen LogP contribution in [0.4, 0.5) is 0 Å². The van der Waals surface area contributed by atoms with Crippen LogP contribution in [0.2, 0.25) is 0 Å². The summed E-state index contributed by atoms with van der Waals surface area (Å²) in [6.45, 7) is 8.51. The van der Waals surface area contributed by atoms with Gasteiger partial charge in [0.05, 0.1) is 0 Å². The summed E-state index contributed by atoms with van der Waals surface area (Å²) in [6.07, 6.45) is 9.57. The van der Waals surface area contributed by atoms with Crippen LogP contribution in [0.5, 0.6) is 0 Å². The Hall–Kier alpha value is -0.780. The van der Waals surface area contributed by atoms with Gasteiger partial charge in [-0.05, 0) is 27.2 Å². The Balaban J connectivity index is 3.87. The van der Waals surface area contributed by atoms with E-state index in [9.17, 15) is 0 Å². The predicted octanol–water partition coefficient (Wildman–Crippen LogP) is 3.87. The van der Waals surface area contributed by atoms with Crippen molar-refractivity contribution in [2.45, 2.75) is 34.1 Å². The van der Waals surface area contributed by atoms with E-state index in [4.69, 9.17) is 0 Å². The average Bonchev–Trinajstić information content (AvgIpc) is 1.97. The molecular weight excluding hydrogens is 132 g/mol. The van der Waals surface area contributed by atoms with E-state index in [0.717, 1.165) is 6.42 Å². The Morgan fingerprint density at radius 3 is 2.00 bits per heavy atom. The fraction of sp³-hybridized carbons (Fsp3) is 0.455. The van der Waals surface area contributed by atoms with Crippen LogP contribution in [0.3, 0.4) is 0 Å². The molecule has 0 aliphatic rings. The molecule has 0 saturated heterocycles. The van der Waals surface area contributed by atoms with Crippen LogP contribution in [0.15, 0.2) is 35.5 Å². The van der Waals surface area contributed by atoms with Crippen LogP contribution in [0.1, 0.15) is 34.1 Å². The molecule has 62 valence electrons.